The van der Waals surface area contributed by atoms with E-state index in [4.69, 9.17) is 9.47 Å². The summed E-state index contributed by atoms with van der Waals surface area (Å²) in [6, 6.07) is 0.373. The van der Waals surface area contributed by atoms with Gasteiger partial charge in [0.25, 0.3) is 0 Å². The Morgan fingerprint density at radius 3 is 2.56 bits per heavy atom. The lowest BCUT2D eigenvalue weighted by Gasteiger charge is -2.35. The van der Waals surface area contributed by atoms with Crippen molar-refractivity contribution in [3.8, 4) is 0 Å². The van der Waals surface area contributed by atoms with Crippen LogP contribution in [0, 0.1) is 0 Å². The average Bonchev–Trinajstić information content (AvgIpc) is 2.77. The highest BCUT2D eigenvalue weighted by molar-refractivity contribution is 5.71. The zero-order chi connectivity index (χ0) is 11.4. The van der Waals surface area contributed by atoms with Gasteiger partial charge in [-0.3, -0.25) is 4.79 Å². The summed E-state index contributed by atoms with van der Waals surface area (Å²) in [5.41, 5.74) is 0. The molecule has 2 fully saturated rings. The highest BCUT2D eigenvalue weighted by Gasteiger charge is 2.40. The van der Waals surface area contributed by atoms with E-state index in [-0.39, 0.29) is 18.3 Å². The molecule has 1 saturated heterocycles. The second-order valence-corrected chi connectivity index (χ2v) is 4.34. The highest BCUT2D eigenvalue weighted by Crippen LogP contribution is 2.35. The van der Waals surface area contributed by atoms with Crippen molar-refractivity contribution in [2.75, 3.05) is 26.9 Å². The molecule has 2 aliphatic rings. The molecule has 5 heteroatoms. The van der Waals surface area contributed by atoms with Gasteiger partial charge in [-0.1, -0.05) is 0 Å². The first kappa shape index (κ1) is 11.8. The van der Waals surface area contributed by atoms with E-state index in [0.29, 0.717) is 19.3 Å². The first-order chi connectivity index (χ1) is 7.74. The van der Waals surface area contributed by atoms with Crippen molar-refractivity contribution < 1.29 is 19.0 Å². The highest BCUT2D eigenvalue weighted by atomic mass is 16.7. The van der Waals surface area contributed by atoms with Gasteiger partial charge < -0.3 is 19.5 Å². The third-order valence-corrected chi connectivity index (χ3v) is 3.32. The maximum atomic E-state index is 11.0. The van der Waals surface area contributed by atoms with Crippen LogP contribution < -0.4 is 5.32 Å². The number of hydrogen-bond donors (Lipinski definition) is 1. The van der Waals surface area contributed by atoms with Gasteiger partial charge in [-0.25, -0.2) is 0 Å². The molecule has 0 aromatic heterocycles. The number of ether oxygens (including phenoxy) is 3. The molecule has 1 spiro atoms. The van der Waals surface area contributed by atoms with Crippen LogP contribution in [0.2, 0.25) is 0 Å². The minimum absolute atomic E-state index is 0.214. The van der Waals surface area contributed by atoms with Gasteiger partial charge in [0, 0.05) is 18.9 Å². The molecule has 92 valence electrons. The fourth-order valence-electron chi connectivity index (χ4n) is 2.35. The van der Waals surface area contributed by atoms with E-state index in [0.717, 1.165) is 25.7 Å². The SMILES string of the molecule is COC(=O)CNC1CCC2(CC1)OCCO2. The maximum absolute atomic E-state index is 11.0. The van der Waals surface area contributed by atoms with E-state index in [1.165, 1.54) is 7.11 Å². The van der Waals surface area contributed by atoms with Gasteiger partial charge in [-0.15, -0.1) is 0 Å². The van der Waals surface area contributed by atoms with Gasteiger partial charge >= 0.3 is 5.97 Å². The second kappa shape index (κ2) is 5.12. The van der Waals surface area contributed by atoms with Gasteiger partial charge in [0.15, 0.2) is 5.79 Å². The lowest BCUT2D eigenvalue weighted by molar-refractivity contribution is -0.179. The van der Waals surface area contributed by atoms with Crippen LogP contribution in [0.4, 0.5) is 0 Å². The van der Waals surface area contributed by atoms with Crippen LogP contribution in [0.3, 0.4) is 0 Å². The maximum Gasteiger partial charge on any atom is 0.319 e. The van der Waals surface area contributed by atoms with E-state index in [9.17, 15) is 4.79 Å². The summed E-state index contributed by atoms with van der Waals surface area (Å²) in [4.78, 5) is 11.0. The predicted molar refractivity (Wildman–Crippen MR) is 56.9 cm³/mol. The lowest BCUT2D eigenvalue weighted by atomic mass is 9.90. The molecule has 16 heavy (non-hydrogen) atoms. The molecular weight excluding hydrogens is 210 g/mol. The Kier molecular flexibility index (Phi) is 3.78. The van der Waals surface area contributed by atoms with Crippen LogP contribution in [0.1, 0.15) is 25.7 Å². The van der Waals surface area contributed by atoms with E-state index in [1.54, 1.807) is 0 Å². The number of nitrogens with one attached hydrogen (secondary N) is 1. The molecular formula is C11H19NO4. The van der Waals surface area contributed by atoms with Gasteiger partial charge in [0.1, 0.15) is 0 Å². The average molecular weight is 229 g/mol. The smallest absolute Gasteiger partial charge is 0.319 e. The zero-order valence-corrected chi connectivity index (χ0v) is 9.66. The largest absolute Gasteiger partial charge is 0.468 e. The third-order valence-electron chi connectivity index (χ3n) is 3.32. The van der Waals surface area contributed by atoms with E-state index in [2.05, 4.69) is 10.1 Å². The Bertz CT molecular complexity index is 240. The molecule has 1 N–H and O–H groups in total. The van der Waals surface area contributed by atoms with Crippen LogP contribution >= 0.6 is 0 Å². The lowest BCUT2D eigenvalue weighted by Crippen LogP contribution is -2.43. The predicted octanol–water partition coefficient (Wildman–Crippen LogP) is 0.435. The Balaban J connectivity index is 1.70. The summed E-state index contributed by atoms with van der Waals surface area (Å²) in [6.45, 7) is 1.70. The van der Waals surface area contributed by atoms with E-state index >= 15 is 0 Å². The molecule has 1 aliphatic heterocycles. The summed E-state index contributed by atoms with van der Waals surface area (Å²) in [5.74, 6) is -0.530. The zero-order valence-electron chi connectivity index (χ0n) is 9.66. The van der Waals surface area contributed by atoms with Gasteiger partial charge in [0.2, 0.25) is 0 Å². The quantitative estimate of drug-likeness (QED) is 0.711. The van der Waals surface area contributed by atoms with Crippen molar-refractivity contribution in [3.05, 3.63) is 0 Å². The van der Waals surface area contributed by atoms with Gasteiger partial charge in [0.05, 0.1) is 26.9 Å². The summed E-state index contributed by atoms with van der Waals surface area (Å²) < 4.78 is 15.9. The monoisotopic (exact) mass is 229 g/mol. The fourth-order valence-corrected chi connectivity index (χ4v) is 2.35. The third kappa shape index (κ3) is 2.72. The van der Waals surface area contributed by atoms with Crippen LogP contribution in [0.15, 0.2) is 0 Å². The number of methoxy groups -OCH3 is 1. The van der Waals surface area contributed by atoms with Gasteiger partial charge in [-0.2, -0.15) is 0 Å². The molecule has 0 radical (unpaired) electrons. The number of hydrogen-bond acceptors (Lipinski definition) is 5. The number of rotatable bonds is 3. The van der Waals surface area contributed by atoms with Crippen LogP contribution in [-0.4, -0.2) is 44.7 Å². The molecule has 0 aromatic carbocycles. The summed E-state index contributed by atoms with van der Waals surface area (Å²) >= 11 is 0. The number of esters is 1. The minimum Gasteiger partial charge on any atom is -0.468 e. The van der Waals surface area contributed by atoms with E-state index in [1.807, 2.05) is 0 Å². The topological polar surface area (TPSA) is 56.8 Å². The molecule has 0 aromatic rings. The normalized spacial score (nSPS) is 24.8. The second-order valence-electron chi connectivity index (χ2n) is 4.34. The summed E-state index contributed by atoms with van der Waals surface area (Å²) in [7, 11) is 1.40. The van der Waals surface area contributed by atoms with Crippen molar-refractivity contribution in [2.24, 2.45) is 0 Å². The molecule has 1 heterocycles. The summed E-state index contributed by atoms with van der Waals surface area (Å²) in [5, 5.41) is 3.19. The molecule has 0 bridgehead atoms. The summed E-state index contributed by atoms with van der Waals surface area (Å²) in [6.07, 6.45) is 3.78. The van der Waals surface area contributed by atoms with Crippen LogP contribution in [-0.2, 0) is 19.0 Å². The number of carbonyl (C=O) groups excluding carboxylic acids is 1. The number of carbonyl (C=O) groups is 1. The molecule has 0 amide bonds. The Hall–Kier alpha value is -0.650. The van der Waals surface area contributed by atoms with Crippen molar-refractivity contribution >= 4 is 5.97 Å². The molecule has 1 aliphatic carbocycles. The van der Waals surface area contributed by atoms with Crippen LogP contribution in [0.25, 0.3) is 0 Å². The van der Waals surface area contributed by atoms with Crippen molar-refractivity contribution in [3.63, 3.8) is 0 Å². The Labute approximate surface area is 95.4 Å². The molecule has 2 rings (SSSR count). The van der Waals surface area contributed by atoms with Gasteiger partial charge in [-0.05, 0) is 12.8 Å². The molecule has 0 unspecified atom stereocenters. The molecule has 5 nitrogen and oxygen atoms in total. The standard InChI is InChI=1S/C11H19NO4/c1-14-10(13)8-12-9-2-4-11(5-3-9)15-6-7-16-11/h9,12H,2-8H2,1H3. The first-order valence-corrected chi connectivity index (χ1v) is 5.82. The Morgan fingerprint density at radius 1 is 1.38 bits per heavy atom. The first-order valence-electron chi connectivity index (χ1n) is 5.82. The van der Waals surface area contributed by atoms with Crippen LogP contribution in [0.5, 0.6) is 0 Å². The Morgan fingerprint density at radius 2 is 2.00 bits per heavy atom. The fraction of sp³-hybridized carbons (Fsp3) is 0.909. The van der Waals surface area contributed by atoms with Crippen molar-refractivity contribution in [1.82, 2.24) is 5.32 Å². The van der Waals surface area contributed by atoms with Crippen molar-refractivity contribution in [1.29, 1.82) is 0 Å². The molecule has 1 saturated carbocycles. The van der Waals surface area contributed by atoms with Crippen molar-refractivity contribution in [2.45, 2.75) is 37.5 Å². The minimum atomic E-state index is -0.316. The van der Waals surface area contributed by atoms with E-state index < -0.39 is 0 Å². The molecule has 0 atom stereocenters.